The first kappa shape index (κ1) is 13.7. The van der Waals surface area contributed by atoms with E-state index in [2.05, 4.69) is 15.5 Å². The predicted molar refractivity (Wildman–Crippen MR) is 67.6 cm³/mol. The van der Waals surface area contributed by atoms with Gasteiger partial charge in [0.25, 0.3) is 5.91 Å². The van der Waals surface area contributed by atoms with E-state index in [4.69, 9.17) is 4.42 Å². The normalized spacial score (nSPS) is 13.2. The highest BCUT2D eigenvalue weighted by Crippen LogP contribution is 2.15. The van der Waals surface area contributed by atoms with E-state index in [9.17, 15) is 13.2 Å². The number of aromatic nitrogens is 2. The van der Waals surface area contributed by atoms with Crippen LogP contribution >= 0.6 is 11.3 Å². The van der Waals surface area contributed by atoms with Crippen molar-refractivity contribution in [3.63, 3.8) is 0 Å². The summed E-state index contributed by atoms with van der Waals surface area (Å²) in [5, 5.41) is 11.0. The number of sulfone groups is 1. The van der Waals surface area contributed by atoms with Gasteiger partial charge in [-0.05, 0) is 18.4 Å². The zero-order chi connectivity index (χ0) is 14.0. The van der Waals surface area contributed by atoms with Gasteiger partial charge in [-0.1, -0.05) is 11.2 Å². The third-order valence-electron chi connectivity index (χ3n) is 2.20. The fourth-order valence-corrected chi connectivity index (χ4v) is 2.34. The van der Waals surface area contributed by atoms with Crippen LogP contribution in [0.15, 0.2) is 27.2 Å². The van der Waals surface area contributed by atoms with Gasteiger partial charge in [-0.25, -0.2) is 8.42 Å². The summed E-state index contributed by atoms with van der Waals surface area (Å²) in [6.45, 7) is 1.63. The second-order valence-electron chi connectivity index (χ2n) is 3.85. The molecule has 0 aliphatic rings. The van der Waals surface area contributed by atoms with Crippen LogP contribution < -0.4 is 5.32 Å². The van der Waals surface area contributed by atoms with Gasteiger partial charge in [0.2, 0.25) is 15.7 Å². The summed E-state index contributed by atoms with van der Waals surface area (Å²) in [4.78, 5) is 12.3. The van der Waals surface area contributed by atoms with Crippen LogP contribution in [0.25, 0.3) is 0 Å². The van der Waals surface area contributed by atoms with Crippen LogP contribution in [0.1, 0.15) is 28.5 Å². The van der Waals surface area contributed by atoms with Crippen molar-refractivity contribution in [2.75, 3.05) is 6.26 Å². The number of hydrogen-bond donors (Lipinski definition) is 1. The fourth-order valence-electron chi connectivity index (χ4n) is 1.28. The molecule has 0 aliphatic heterocycles. The minimum absolute atomic E-state index is 0.0466. The maximum atomic E-state index is 11.8. The second-order valence-corrected chi connectivity index (χ2v) is 6.69. The molecule has 0 aliphatic carbocycles. The highest BCUT2D eigenvalue weighted by Gasteiger charge is 2.21. The molecule has 1 N–H and O–H groups in total. The molecule has 0 saturated heterocycles. The maximum Gasteiger partial charge on any atom is 0.335 e. The number of nitrogens with one attached hydrogen (secondary N) is 1. The Labute approximate surface area is 113 Å². The van der Waals surface area contributed by atoms with E-state index in [1.165, 1.54) is 11.3 Å². The first-order chi connectivity index (χ1) is 8.88. The van der Waals surface area contributed by atoms with Gasteiger partial charge in [-0.2, -0.15) is 0 Å². The Kier molecular flexibility index (Phi) is 3.67. The molecule has 0 radical (unpaired) electrons. The van der Waals surface area contributed by atoms with Gasteiger partial charge in [-0.15, -0.1) is 16.4 Å². The quantitative estimate of drug-likeness (QED) is 0.904. The molecule has 2 rings (SSSR count). The van der Waals surface area contributed by atoms with Crippen LogP contribution in [0, 0.1) is 0 Å². The number of nitrogens with zero attached hydrogens (tertiary/aromatic N) is 2. The lowest BCUT2D eigenvalue weighted by atomic mass is 10.3. The number of rotatable bonds is 4. The Hall–Kier alpha value is -1.74. The smallest absolute Gasteiger partial charge is 0.335 e. The largest absolute Gasteiger partial charge is 0.410 e. The lowest BCUT2D eigenvalue weighted by molar-refractivity contribution is 0.0937. The molecule has 19 heavy (non-hydrogen) atoms. The molecular formula is C10H11N3O4S2. The summed E-state index contributed by atoms with van der Waals surface area (Å²) >= 11 is 1.30. The van der Waals surface area contributed by atoms with Gasteiger partial charge >= 0.3 is 5.22 Å². The Balaban J connectivity index is 2.10. The highest BCUT2D eigenvalue weighted by molar-refractivity contribution is 7.90. The molecule has 1 amide bonds. The molecule has 2 aromatic rings. The molecule has 0 spiro atoms. The predicted octanol–water partition coefficient (Wildman–Crippen LogP) is 1.03. The average Bonchev–Trinajstić information content (AvgIpc) is 3.00. The molecule has 102 valence electrons. The number of hydrogen-bond acceptors (Lipinski definition) is 7. The Morgan fingerprint density at radius 2 is 2.21 bits per heavy atom. The van der Waals surface area contributed by atoms with Crippen LogP contribution in [0.4, 0.5) is 0 Å². The Morgan fingerprint density at radius 1 is 1.47 bits per heavy atom. The lowest BCUT2D eigenvalue weighted by Gasteiger charge is -2.08. The SMILES string of the molecule is C[C@H](NC(=O)c1cccs1)c1nnc(S(C)(=O)=O)o1. The zero-order valence-electron chi connectivity index (χ0n) is 10.2. The zero-order valence-corrected chi connectivity index (χ0v) is 11.8. The van der Waals surface area contributed by atoms with Gasteiger partial charge < -0.3 is 9.73 Å². The van der Waals surface area contributed by atoms with Crippen molar-refractivity contribution in [2.45, 2.75) is 18.2 Å². The van der Waals surface area contributed by atoms with Gasteiger partial charge in [0.05, 0.1) is 4.88 Å². The topological polar surface area (TPSA) is 102 Å². The third kappa shape index (κ3) is 3.18. The highest BCUT2D eigenvalue weighted by atomic mass is 32.2. The van der Waals surface area contributed by atoms with Gasteiger partial charge in [0.15, 0.2) is 0 Å². The van der Waals surface area contributed by atoms with Gasteiger partial charge in [0.1, 0.15) is 6.04 Å². The van der Waals surface area contributed by atoms with Crippen molar-refractivity contribution in [1.29, 1.82) is 0 Å². The summed E-state index contributed by atoms with van der Waals surface area (Å²) in [6, 6.07) is 2.87. The molecule has 2 heterocycles. The van der Waals surface area contributed by atoms with E-state index in [0.29, 0.717) is 4.88 Å². The first-order valence-corrected chi connectivity index (χ1v) is 8.03. The summed E-state index contributed by atoms with van der Waals surface area (Å²) in [5.41, 5.74) is 0. The lowest BCUT2D eigenvalue weighted by Crippen LogP contribution is -2.26. The molecular weight excluding hydrogens is 290 g/mol. The van der Waals surface area contributed by atoms with Crippen LogP contribution in [-0.4, -0.2) is 30.8 Å². The number of thiophene rings is 1. The number of carbonyl (C=O) groups excluding carboxylic acids is 1. The van der Waals surface area contributed by atoms with E-state index in [0.717, 1.165) is 6.26 Å². The van der Waals surface area contributed by atoms with E-state index in [-0.39, 0.29) is 11.8 Å². The second kappa shape index (κ2) is 5.10. The van der Waals surface area contributed by atoms with E-state index >= 15 is 0 Å². The molecule has 0 saturated carbocycles. The molecule has 9 heteroatoms. The minimum Gasteiger partial charge on any atom is -0.410 e. The maximum absolute atomic E-state index is 11.8. The summed E-state index contributed by atoms with van der Waals surface area (Å²) < 4.78 is 27.4. The molecule has 0 aromatic carbocycles. The van der Waals surface area contributed by atoms with Crippen LogP contribution in [0.2, 0.25) is 0 Å². The van der Waals surface area contributed by atoms with Crippen molar-refractivity contribution in [3.05, 3.63) is 28.3 Å². The molecule has 0 unspecified atom stereocenters. The monoisotopic (exact) mass is 301 g/mol. The number of amides is 1. The van der Waals surface area contributed by atoms with Crippen molar-refractivity contribution in [1.82, 2.24) is 15.5 Å². The molecule has 2 aromatic heterocycles. The fraction of sp³-hybridized carbons (Fsp3) is 0.300. The van der Waals surface area contributed by atoms with Crippen molar-refractivity contribution in [2.24, 2.45) is 0 Å². The van der Waals surface area contributed by atoms with Crippen molar-refractivity contribution < 1.29 is 17.6 Å². The van der Waals surface area contributed by atoms with Gasteiger partial charge in [-0.3, -0.25) is 4.79 Å². The van der Waals surface area contributed by atoms with Gasteiger partial charge in [0, 0.05) is 6.26 Å². The standard InChI is InChI=1S/C10H11N3O4S2/c1-6(11-8(14)7-4-3-5-18-7)9-12-13-10(17-9)19(2,15)16/h3-6H,1-2H3,(H,11,14)/t6-/m0/s1. The van der Waals surface area contributed by atoms with E-state index in [1.54, 1.807) is 24.4 Å². The first-order valence-electron chi connectivity index (χ1n) is 5.26. The number of carbonyl (C=O) groups is 1. The van der Waals surface area contributed by atoms with Crippen molar-refractivity contribution in [3.8, 4) is 0 Å². The van der Waals surface area contributed by atoms with E-state index < -0.39 is 21.1 Å². The van der Waals surface area contributed by atoms with Crippen molar-refractivity contribution >= 4 is 27.1 Å². The Bertz CT molecular complexity index is 675. The molecule has 1 atom stereocenters. The summed E-state index contributed by atoms with van der Waals surface area (Å²) in [7, 11) is -3.54. The average molecular weight is 301 g/mol. The van der Waals surface area contributed by atoms with Crippen LogP contribution in [0.5, 0.6) is 0 Å². The third-order valence-corrected chi connectivity index (χ3v) is 3.87. The molecule has 7 nitrogen and oxygen atoms in total. The van der Waals surface area contributed by atoms with Crippen LogP contribution in [-0.2, 0) is 9.84 Å². The van der Waals surface area contributed by atoms with Crippen LogP contribution in [0.3, 0.4) is 0 Å². The molecule has 0 bridgehead atoms. The summed E-state index contributed by atoms with van der Waals surface area (Å²) in [6.07, 6.45) is 0.971. The minimum atomic E-state index is -3.54. The molecule has 0 fully saturated rings. The summed E-state index contributed by atoms with van der Waals surface area (Å²) in [5.74, 6) is -0.230. The van der Waals surface area contributed by atoms with E-state index in [1.807, 2.05) is 0 Å². The Morgan fingerprint density at radius 3 is 2.74 bits per heavy atom.